The van der Waals surface area contributed by atoms with Crippen LogP contribution in [0.25, 0.3) is 0 Å². The SMILES string of the molecule is COc1ccc([C@H]2NC(=O)N([C@H](C(=O)Nc3nc(C(C)(C)O)cs3)C(C)c3ccccc3)C2=O)cc1. The monoisotopic (exact) mass is 508 g/mol. The van der Waals surface area contributed by atoms with Gasteiger partial charge in [0.15, 0.2) is 5.13 Å². The number of aliphatic hydroxyl groups is 1. The number of amides is 4. The number of urea groups is 1. The number of nitrogens with one attached hydrogen (secondary N) is 2. The Hall–Kier alpha value is -3.76. The highest BCUT2D eigenvalue weighted by Gasteiger charge is 2.47. The summed E-state index contributed by atoms with van der Waals surface area (Å²) in [6.07, 6.45) is 0. The molecule has 188 valence electrons. The second-order valence-electron chi connectivity index (χ2n) is 9.09. The number of hydrogen-bond acceptors (Lipinski definition) is 7. The van der Waals surface area contributed by atoms with Crippen molar-refractivity contribution < 1.29 is 24.2 Å². The molecule has 1 aromatic heterocycles. The van der Waals surface area contributed by atoms with Gasteiger partial charge < -0.3 is 20.5 Å². The van der Waals surface area contributed by atoms with Crippen LogP contribution in [-0.4, -0.2) is 46.0 Å². The zero-order valence-electron chi connectivity index (χ0n) is 20.4. The molecule has 0 spiro atoms. The van der Waals surface area contributed by atoms with Crippen LogP contribution in [0, 0.1) is 0 Å². The number of ether oxygens (including phenoxy) is 1. The van der Waals surface area contributed by atoms with Crippen LogP contribution in [-0.2, 0) is 15.2 Å². The number of methoxy groups -OCH3 is 1. The Labute approximate surface area is 213 Å². The van der Waals surface area contributed by atoms with E-state index in [0.717, 1.165) is 21.8 Å². The summed E-state index contributed by atoms with van der Waals surface area (Å²) in [4.78, 5) is 45.5. The van der Waals surface area contributed by atoms with Crippen molar-refractivity contribution in [2.24, 2.45) is 0 Å². The van der Waals surface area contributed by atoms with Gasteiger partial charge in [-0.2, -0.15) is 0 Å². The molecule has 36 heavy (non-hydrogen) atoms. The molecule has 4 amide bonds. The third-order valence-electron chi connectivity index (χ3n) is 6.13. The fourth-order valence-corrected chi connectivity index (χ4v) is 4.95. The van der Waals surface area contributed by atoms with E-state index in [1.807, 2.05) is 30.3 Å². The highest BCUT2D eigenvalue weighted by molar-refractivity contribution is 7.14. The van der Waals surface area contributed by atoms with Crippen molar-refractivity contribution in [3.8, 4) is 5.75 Å². The second kappa shape index (κ2) is 10.1. The maximum atomic E-state index is 13.6. The number of carbonyl (C=O) groups excluding carboxylic acids is 3. The molecule has 4 rings (SSSR count). The molecule has 1 aliphatic heterocycles. The van der Waals surface area contributed by atoms with Crippen LogP contribution in [0.3, 0.4) is 0 Å². The lowest BCUT2D eigenvalue weighted by Gasteiger charge is -2.29. The number of nitrogens with zero attached hydrogens (tertiary/aromatic N) is 2. The predicted octanol–water partition coefficient (Wildman–Crippen LogP) is 3.78. The molecule has 2 heterocycles. The largest absolute Gasteiger partial charge is 0.497 e. The van der Waals surface area contributed by atoms with Crippen LogP contribution >= 0.6 is 11.3 Å². The van der Waals surface area contributed by atoms with E-state index in [2.05, 4.69) is 15.6 Å². The summed E-state index contributed by atoms with van der Waals surface area (Å²) < 4.78 is 5.17. The van der Waals surface area contributed by atoms with Crippen molar-refractivity contribution >= 4 is 34.3 Å². The lowest BCUT2D eigenvalue weighted by molar-refractivity contribution is -0.134. The maximum Gasteiger partial charge on any atom is 0.325 e. The highest BCUT2D eigenvalue weighted by atomic mass is 32.1. The van der Waals surface area contributed by atoms with E-state index in [-0.39, 0.29) is 5.13 Å². The van der Waals surface area contributed by atoms with Gasteiger partial charge in [0.05, 0.1) is 12.8 Å². The van der Waals surface area contributed by atoms with Crippen LogP contribution in [0.5, 0.6) is 5.75 Å². The molecule has 3 aromatic rings. The highest BCUT2D eigenvalue weighted by Crippen LogP contribution is 2.32. The molecule has 1 fully saturated rings. The van der Waals surface area contributed by atoms with Crippen molar-refractivity contribution in [1.29, 1.82) is 0 Å². The lowest BCUT2D eigenvalue weighted by atomic mass is 9.91. The van der Waals surface area contributed by atoms with Gasteiger partial charge in [0.1, 0.15) is 23.4 Å². The second-order valence-corrected chi connectivity index (χ2v) is 9.95. The number of rotatable bonds is 8. The minimum Gasteiger partial charge on any atom is -0.497 e. The van der Waals surface area contributed by atoms with Gasteiger partial charge in [0.25, 0.3) is 5.91 Å². The van der Waals surface area contributed by atoms with E-state index in [1.165, 1.54) is 0 Å². The molecule has 1 aliphatic rings. The summed E-state index contributed by atoms with van der Waals surface area (Å²) in [7, 11) is 1.54. The zero-order chi connectivity index (χ0) is 26.0. The number of aromatic nitrogens is 1. The van der Waals surface area contributed by atoms with Crippen molar-refractivity contribution in [3.63, 3.8) is 0 Å². The maximum absolute atomic E-state index is 13.6. The smallest absolute Gasteiger partial charge is 0.325 e. The van der Waals surface area contributed by atoms with Gasteiger partial charge in [-0.3, -0.25) is 9.59 Å². The number of thiazole rings is 1. The first kappa shape index (κ1) is 25.3. The van der Waals surface area contributed by atoms with Crippen molar-refractivity contribution in [2.75, 3.05) is 12.4 Å². The van der Waals surface area contributed by atoms with Crippen LogP contribution < -0.4 is 15.4 Å². The third-order valence-corrected chi connectivity index (χ3v) is 6.88. The Bertz CT molecular complexity index is 1250. The molecule has 0 saturated carbocycles. The third kappa shape index (κ3) is 5.09. The van der Waals surface area contributed by atoms with Gasteiger partial charge in [-0.05, 0) is 37.1 Å². The molecule has 0 aliphatic carbocycles. The lowest BCUT2D eigenvalue weighted by Crippen LogP contribution is -2.50. The van der Waals surface area contributed by atoms with E-state index < -0.39 is 41.4 Å². The fourth-order valence-electron chi connectivity index (χ4n) is 4.08. The van der Waals surface area contributed by atoms with Gasteiger partial charge in [0, 0.05) is 11.3 Å². The first-order valence-corrected chi connectivity index (χ1v) is 12.3. The Morgan fingerprint density at radius 3 is 2.42 bits per heavy atom. The molecule has 0 bridgehead atoms. The average Bonchev–Trinajstić information content (AvgIpc) is 3.45. The van der Waals surface area contributed by atoms with Gasteiger partial charge in [-0.1, -0.05) is 49.4 Å². The number of imide groups is 1. The first-order chi connectivity index (χ1) is 17.1. The fraction of sp³-hybridized carbons (Fsp3) is 0.308. The Morgan fingerprint density at radius 2 is 1.83 bits per heavy atom. The van der Waals surface area contributed by atoms with Crippen LogP contribution in [0.1, 0.15) is 49.6 Å². The summed E-state index contributed by atoms with van der Waals surface area (Å²) in [5.74, 6) is -0.966. The van der Waals surface area contributed by atoms with Crippen LogP contribution in [0.4, 0.5) is 9.93 Å². The van der Waals surface area contributed by atoms with E-state index in [4.69, 9.17) is 4.74 Å². The Balaban J connectivity index is 1.66. The van der Waals surface area contributed by atoms with Crippen LogP contribution in [0.15, 0.2) is 60.0 Å². The van der Waals surface area contributed by atoms with Gasteiger partial charge in [-0.25, -0.2) is 14.7 Å². The molecule has 10 heteroatoms. The Morgan fingerprint density at radius 1 is 1.17 bits per heavy atom. The molecule has 3 atom stereocenters. The molecule has 3 N–H and O–H groups in total. The molecule has 9 nitrogen and oxygen atoms in total. The van der Waals surface area contributed by atoms with E-state index >= 15 is 0 Å². The van der Waals surface area contributed by atoms with E-state index in [9.17, 15) is 19.5 Å². The van der Waals surface area contributed by atoms with E-state index in [1.54, 1.807) is 57.5 Å². The number of carbonyl (C=O) groups is 3. The number of anilines is 1. The Kier molecular flexibility index (Phi) is 7.09. The van der Waals surface area contributed by atoms with Crippen molar-refractivity contribution in [2.45, 2.75) is 44.4 Å². The standard InChI is InChI=1S/C26H28N4O5S/c1-15(16-8-6-5-7-9-16)21(22(31)29-24-27-19(14-36-24)26(2,3)34)30-23(32)20(28-25(30)33)17-10-12-18(35-4)13-11-17/h5-15,20-21,34H,1-4H3,(H,28,33)(H,27,29,31)/t15?,20-,21+/m1/s1. The molecule has 1 unspecified atom stereocenters. The quantitative estimate of drug-likeness (QED) is 0.398. The zero-order valence-corrected chi connectivity index (χ0v) is 21.2. The number of benzene rings is 2. The minimum absolute atomic E-state index is 0.265. The predicted molar refractivity (Wildman–Crippen MR) is 136 cm³/mol. The number of hydrogen-bond donors (Lipinski definition) is 3. The van der Waals surface area contributed by atoms with Gasteiger partial charge in [-0.15, -0.1) is 11.3 Å². The summed E-state index contributed by atoms with van der Waals surface area (Å²) in [5, 5.41) is 17.6. The first-order valence-electron chi connectivity index (χ1n) is 11.4. The average molecular weight is 509 g/mol. The van der Waals surface area contributed by atoms with Crippen molar-refractivity contribution in [3.05, 3.63) is 76.8 Å². The normalized spacial score (nSPS) is 17.5. The van der Waals surface area contributed by atoms with Crippen LogP contribution in [0.2, 0.25) is 0 Å². The summed E-state index contributed by atoms with van der Waals surface area (Å²) in [5.41, 5.74) is 0.609. The molecule has 1 saturated heterocycles. The summed E-state index contributed by atoms with van der Waals surface area (Å²) >= 11 is 1.16. The van der Waals surface area contributed by atoms with Crippen molar-refractivity contribution in [1.82, 2.24) is 15.2 Å². The topological polar surface area (TPSA) is 121 Å². The van der Waals surface area contributed by atoms with E-state index in [0.29, 0.717) is 17.0 Å². The minimum atomic E-state index is -1.17. The molecular weight excluding hydrogens is 480 g/mol. The summed E-state index contributed by atoms with van der Waals surface area (Å²) in [6.45, 7) is 4.99. The molecule has 0 radical (unpaired) electrons. The molecule has 2 aromatic carbocycles. The summed E-state index contributed by atoms with van der Waals surface area (Å²) in [6, 6.07) is 13.3. The van der Waals surface area contributed by atoms with Gasteiger partial charge >= 0.3 is 6.03 Å². The van der Waals surface area contributed by atoms with Gasteiger partial charge in [0.2, 0.25) is 5.91 Å². The molecular formula is C26H28N4O5S.